The number of benzene rings is 2. The van der Waals surface area contributed by atoms with Crippen LogP contribution in [-0.4, -0.2) is 31.5 Å². The van der Waals surface area contributed by atoms with Gasteiger partial charge in [0.1, 0.15) is 11.3 Å². The van der Waals surface area contributed by atoms with Crippen LogP contribution in [0.2, 0.25) is 0 Å². The maximum atomic E-state index is 12.9. The van der Waals surface area contributed by atoms with Crippen LogP contribution < -0.4 is 10.2 Å². The predicted molar refractivity (Wildman–Crippen MR) is 107 cm³/mol. The van der Waals surface area contributed by atoms with Crippen LogP contribution in [0.3, 0.4) is 0 Å². The van der Waals surface area contributed by atoms with Crippen molar-refractivity contribution in [1.29, 1.82) is 0 Å². The fourth-order valence-electron chi connectivity index (χ4n) is 2.62. The van der Waals surface area contributed by atoms with Crippen LogP contribution in [0.15, 0.2) is 39.5 Å². The molecule has 5 N–H and O–H groups in total. The van der Waals surface area contributed by atoms with E-state index in [0.29, 0.717) is 5.56 Å². The highest BCUT2D eigenvalue weighted by atomic mass is 31.2. The molecule has 0 bridgehead atoms. The number of phenolic OH excluding ortho intramolecular Hbond substituents is 3. The van der Waals surface area contributed by atoms with Crippen LogP contribution >= 0.6 is 7.60 Å². The highest BCUT2D eigenvalue weighted by molar-refractivity contribution is 7.51. The minimum Gasteiger partial charge on any atom is -0.508 e. The molecule has 156 valence electrons. The molecule has 0 atom stereocenters. The third-order valence-electron chi connectivity index (χ3n) is 3.75. The summed E-state index contributed by atoms with van der Waals surface area (Å²) in [6, 6.07) is 6.10. The number of ether oxygens (including phenoxy) is 1. The second kappa shape index (κ2) is 8.57. The van der Waals surface area contributed by atoms with Gasteiger partial charge in [-0.05, 0) is 36.8 Å². The van der Waals surface area contributed by atoms with Gasteiger partial charge in [0.05, 0.1) is 5.39 Å². The van der Waals surface area contributed by atoms with Crippen molar-refractivity contribution < 1.29 is 38.8 Å². The van der Waals surface area contributed by atoms with Gasteiger partial charge in [0.15, 0.2) is 23.6 Å². The first-order valence-corrected chi connectivity index (χ1v) is 10.4. The second-order valence-corrected chi connectivity index (χ2v) is 7.45. The summed E-state index contributed by atoms with van der Waals surface area (Å²) in [4.78, 5) is 31.0. The minimum atomic E-state index is -4.59. The van der Waals surface area contributed by atoms with Crippen LogP contribution in [0.5, 0.6) is 23.0 Å². The van der Waals surface area contributed by atoms with Crippen LogP contribution in [0.4, 0.5) is 0 Å². The third-order valence-corrected chi connectivity index (χ3v) is 4.22. The molecule has 0 aliphatic carbocycles. The molecule has 0 spiro atoms. The van der Waals surface area contributed by atoms with Gasteiger partial charge in [-0.2, -0.15) is 0 Å². The Morgan fingerprint density at radius 3 is 2.28 bits per heavy atom. The lowest BCUT2D eigenvalue weighted by Gasteiger charge is -2.13. The molecule has 0 amide bonds. The Kier molecular flexibility index (Phi) is 6.58. The van der Waals surface area contributed by atoms with Crippen molar-refractivity contribution in [3.63, 3.8) is 0 Å². The van der Waals surface area contributed by atoms with Gasteiger partial charge in [-0.25, -0.2) is 0 Å². The normalized spacial score (nSPS) is 11.1. The summed E-state index contributed by atoms with van der Waals surface area (Å²) in [6.45, 7) is 5.55. The van der Waals surface area contributed by atoms with Gasteiger partial charge in [-0.15, -0.1) is 0 Å². The third kappa shape index (κ3) is 4.89. The van der Waals surface area contributed by atoms with E-state index in [1.54, 1.807) is 6.92 Å². The Morgan fingerprint density at radius 1 is 1.03 bits per heavy atom. The summed E-state index contributed by atoms with van der Waals surface area (Å²) >= 11 is 0. The van der Waals surface area contributed by atoms with Crippen molar-refractivity contribution in [3.8, 4) is 34.3 Å². The zero-order chi connectivity index (χ0) is 21.9. The Morgan fingerprint density at radius 2 is 1.69 bits per heavy atom. The van der Waals surface area contributed by atoms with E-state index in [1.165, 1.54) is 18.2 Å². The standard InChI is InChI=1S/C17H15O9P.C2H6/c1-8-4-10(18)6-13-14(8)15(21)17(25-7-27(22,23)24)16(26-13)9-2-3-11(19)12(20)5-9;1-2/h2-6,18-20H,7H2,1H3,(H2,22,23,24);1-2H3. The Bertz CT molecular complexity index is 1140. The number of hydrogen-bond donors (Lipinski definition) is 5. The average molecular weight is 424 g/mol. The van der Waals surface area contributed by atoms with E-state index in [2.05, 4.69) is 0 Å². The lowest BCUT2D eigenvalue weighted by atomic mass is 10.1. The fourth-order valence-corrected chi connectivity index (χ4v) is 2.91. The maximum Gasteiger partial charge on any atom is 0.362 e. The molecule has 29 heavy (non-hydrogen) atoms. The number of rotatable bonds is 4. The molecule has 0 aliphatic heterocycles. The summed E-state index contributed by atoms with van der Waals surface area (Å²) in [7, 11) is -4.59. The molecule has 1 aromatic heterocycles. The maximum absolute atomic E-state index is 12.9. The molecule has 0 radical (unpaired) electrons. The van der Waals surface area contributed by atoms with Crippen molar-refractivity contribution in [2.24, 2.45) is 0 Å². The molecule has 2 aromatic carbocycles. The summed E-state index contributed by atoms with van der Waals surface area (Å²) in [6.07, 6.45) is -1.06. The number of aromatic hydroxyl groups is 3. The summed E-state index contributed by atoms with van der Waals surface area (Å²) in [5.41, 5.74) is -0.195. The first-order valence-electron chi connectivity index (χ1n) is 8.57. The number of phenols is 3. The van der Waals surface area contributed by atoms with E-state index >= 15 is 0 Å². The topological polar surface area (TPSA) is 158 Å². The van der Waals surface area contributed by atoms with Crippen molar-refractivity contribution in [2.75, 3.05) is 6.35 Å². The Balaban J connectivity index is 0.00000145. The van der Waals surface area contributed by atoms with Crippen molar-refractivity contribution in [1.82, 2.24) is 0 Å². The lowest BCUT2D eigenvalue weighted by molar-refractivity contribution is 0.296. The van der Waals surface area contributed by atoms with Crippen LogP contribution in [-0.2, 0) is 4.57 Å². The number of hydrogen-bond acceptors (Lipinski definition) is 7. The van der Waals surface area contributed by atoms with E-state index in [0.717, 1.165) is 12.1 Å². The van der Waals surface area contributed by atoms with Gasteiger partial charge in [0, 0.05) is 11.6 Å². The van der Waals surface area contributed by atoms with Crippen LogP contribution in [0.1, 0.15) is 19.4 Å². The van der Waals surface area contributed by atoms with Gasteiger partial charge in [-0.1, -0.05) is 13.8 Å². The van der Waals surface area contributed by atoms with E-state index in [4.69, 9.17) is 18.9 Å². The van der Waals surface area contributed by atoms with Crippen LogP contribution in [0.25, 0.3) is 22.3 Å². The van der Waals surface area contributed by atoms with E-state index < -0.39 is 36.6 Å². The van der Waals surface area contributed by atoms with Gasteiger partial charge in [0.2, 0.25) is 11.2 Å². The van der Waals surface area contributed by atoms with Gasteiger partial charge in [-0.3, -0.25) is 9.36 Å². The zero-order valence-corrected chi connectivity index (χ0v) is 16.8. The Hall–Kier alpha value is -3.00. The summed E-state index contributed by atoms with van der Waals surface area (Å²) < 4.78 is 21.9. The SMILES string of the molecule is CC.Cc1cc(O)cc2oc(-c3ccc(O)c(O)c3)c(OCP(=O)(O)O)c(=O)c12. The van der Waals surface area contributed by atoms with Gasteiger partial charge >= 0.3 is 7.60 Å². The molecule has 0 unspecified atom stereocenters. The molecular weight excluding hydrogens is 403 g/mol. The molecule has 3 aromatic rings. The largest absolute Gasteiger partial charge is 0.508 e. The van der Waals surface area contributed by atoms with Gasteiger partial charge < -0.3 is 34.3 Å². The lowest BCUT2D eigenvalue weighted by Crippen LogP contribution is -2.12. The zero-order valence-electron chi connectivity index (χ0n) is 15.9. The molecular formula is C19H21O9P. The van der Waals surface area contributed by atoms with E-state index in [-0.39, 0.29) is 28.0 Å². The smallest absolute Gasteiger partial charge is 0.362 e. The monoisotopic (exact) mass is 424 g/mol. The molecule has 0 saturated carbocycles. The molecule has 3 rings (SSSR count). The second-order valence-electron chi connectivity index (χ2n) is 5.87. The molecule has 0 aliphatic rings. The molecule has 0 saturated heterocycles. The first-order chi connectivity index (χ1) is 13.6. The summed E-state index contributed by atoms with van der Waals surface area (Å²) in [5, 5.41) is 29.0. The fraction of sp³-hybridized carbons (Fsp3) is 0.211. The molecule has 10 heteroatoms. The van der Waals surface area contributed by atoms with Crippen molar-refractivity contribution in [3.05, 3.63) is 46.1 Å². The van der Waals surface area contributed by atoms with Crippen LogP contribution in [0, 0.1) is 6.92 Å². The molecule has 1 heterocycles. The average Bonchev–Trinajstić information content (AvgIpc) is 2.63. The predicted octanol–water partition coefficient (Wildman–Crippen LogP) is 3.43. The Labute approximate surface area is 165 Å². The number of fused-ring (bicyclic) bond motifs is 1. The van der Waals surface area contributed by atoms with Crippen molar-refractivity contribution in [2.45, 2.75) is 20.8 Å². The van der Waals surface area contributed by atoms with E-state index in [1.807, 2.05) is 13.8 Å². The highest BCUT2D eigenvalue weighted by Gasteiger charge is 2.23. The first kappa shape index (κ1) is 22.3. The highest BCUT2D eigenvalue weighted by Crippen LogP contribution is 2.39. The number of aryl methyl sites for hydroxylation is 1. The summed E-state index contributed by atoms with van der Waals surface area (Å²) in [5.74, 6) is -1.74. The van der Waals surface area contributed by atoms with E-state index in [9.17, 15) is 24.7 Å². The molecule has 9 nitrogen and oxygen atoms in total. The quantitative estimate of drug-likeness (QED) is 0.312. The van der Waals surface area contributed by atoms with Crippen molar-refractivity contribution >= 4 is 18.6 Å². The molecule has 0 fully saturated rings. The minimum absolute atomic E-state index is 0.0172. The van der Waals surface area contributed by atoms with Gasteiger partial charge in [0.25, 0.3) is 0 Å².